The van der Waals surface area contributed by atoms with Crippen molar-refractivity contribution in [2.45, 2.75) is 19.4 Å². The highest BCUT2D eigenvalue weighted by molar-refractivity contribution is 6.30. The molecule has 1 rings (SSSR count). The number of anilines is 1. The Morgan fingerprint density at radius 2 is 2.31 bits per heavy atom. The van der Waals surface area contributed by atoms with Crippen molar-refractivity contribution in [3.05, 3.63) is 33.3 Å². The number of nitrogens with one attached hydrogen (secondary N) is 1. The quantitative estimate of drug-likeness (QED) is 0.616. The summed E-state index contributed by atoms with van der Waals surface area (Å²) in [6, 6.07) is 4.44. The van der Waals surface area contributed by atoms with E-state index in [1.165, 1.54) is 6.07 Å². The van der Waals surface area contributed by atoms with E-state index in [1.54, 1.807) is 19.1 Å². The Bertz CT molecular complexity index is 382. The van der Waals surface area contributed by atoms with Gasteiger partial charge >= 0.3 is 0 Å². The van der Waals surface area contributed by atoms with E-state index >= 15 is 0 Å². The molecule has 0 aliphatic rings. The third kappa shape index (κ3) is 3.67. The summed E-state index contributed by atoms with van der Waals surface area (Å²) < 4.78 is 0. The molecule has 0 heterocycles. The third-order valence-corrected chi connectivity index (χ3v) is 2.27. The summed E-state index contributed by atoms with van der Waals surface area (Å²) in [5, 5.41) is 23.0. The van der Waals surface area contributed by atoms with Crippen LogP contribution in [0.4, 0.5) is 11.4 Å². The molecule has 2 N–H and O–H groups in total. The van der Waals surface area contributed by atoms with Gasteiger partial charge in [-0.1, -0.05) is 11.6 Å². The van der Waals surface area contributed by atoms with Crippen LogP contribution in [0.3, 0.4) is 0 Å². The van der Waals surface area contributed by atoms with Gasteiger partial charge in [0, 0.05) is 17.6 Å². The molecule has 5 nitrogen and oxygen atoms in total. The molecular formula is C10H13ClN2O3. The lowest BCUT2D eigenvalue weighted by Gasteiger charge is -2.08. The average Bonchev–Trinajstić information content (AvgIpc) is 2.19. The van der Waals surface area contributed by atoms with Gasteiger partial charge in [-0.05, 0) is 25.5 Å². The molecule has 1 aromatic carbocycles. The summed E-state index contributed by atoms with van der Waals surface area (Å²) in [5.41, 5.74) is 0.355. The van der Waals surface area contributed by atoms with E-state index in [-0.39, 0.29) is 5.69 Å². The number of rotatable bonds is 5. The molecule has 1 unspecified atom stereocenters. The van der Waals surface area contributed by atoms with Crippen LogP contribution in [0.15, 0.2) is 18.2 Å². The van der Waals surface area contributed by atoms with E-state index in [4.69, 9.17) is 16.7 Å². The Morgan fingerprint density at radius 1 is 1.62 bits per heavy atom. The SMILES string of the molecule is CC(O)CCNc1ccc(Cl)cc1[N+](=O)[O-]. The fourth-order valence-electron chi connectivity index (χ4n) is 1.22. The molecular weight excluding hydrogens is 232 g/mol. The minimum absolute atomic E-state index is 0.0573. The molecule has 0 aromatic heterocycles. The van der Waals surface area contributed by atoms with E-state index in [0.717, 1.165) is 0 Å². The standard InChI is InChI=1S/C10H13ClN2O3/c1-7(14)4-5-12-9-3-2-8(11)6-10(9)13(15)16/h2-3,6-7,12,14H,4-5H2,1H3. The maximum Gasteiger partial charge on any atom is 0.293 e. The van der Waals surface area contributed by atoms with Gasteiger partial charge in [-0.25, -0.2) is 0 Å². The minimum Gasteiger partial charge on any atom is -0.393 e. The second-order valence-electron chi connectivity index (χ2n) is 3.48. The van der Waals surface area contributed by atoms with Gasteiger partial charge < -0.3 is 10.4 Å². The van der Waals surface area contributed by atoms with Crippen molar-refractivity contribution in [1.29, 1.82) is 0 Å². The fraction of sp³-hybridized carbons (Fsp3) is 0.400. The van der Waals surface area contributed by atoms with Crippen LogP contribution in [0.1, 0.15) is 13.3 Å². The number of halogens is 1. The number of aliphatic hydroxyl groups excluding tert-OH is 1. The Morgan fingerprint density at radius 3 is 2.88 bits per heavy atom. The zero-order valence-corrected chi connectivity index (χ0v) is 9.57. The van der Waals surface area contributed by atoms with Crippen molar-refractivity contribution in [1.82, 2.24) is 0 Å². The lowest BCUT2D eigenvalue weighted by atomic mass is 10.2. The van der Waals surface area contributed by atoms with Gasteiger partial charge in [-0.2, -0.15) is 0 Å². The Labute approximate surface area is 98.2 Å². The number of nitrogens with zero attached hydrogens (tertiary/aromatic N) is 1. The van der Waals surface area contributed by atoms with Crippen LogP contribution >= 0.6 is 11.6 Å². The Hall–Kier alpha value is -1.33. The van der Waals surface area contributed by atoms with Crippen molar-refractivity contribution in [3.8, 4) is 0 Å². The lowest BCUT2D eigenvalue weighted by molar-refractivity contribution is -0.383. The largest absolute Gasteiger partial charge is 0.393 e. The van der Waals surface area contributed by atoms with E-state index in [0.29, 0.717) is 23.7 Å². The predicted molar refractivity (Wildman–Crippen MR) is 62.9 cm³/mol. The van der Waals surface area contributed by atoms with Gasteiger partial charge in [-0.3, -0.25) is 10.1 Å². The molecule has 0 radical (unpaired) electrons. The van der Waals surface area contributed by atoms with Gasteiger partial charge in [0.25, 0.3) is 5.69 Å². The Balaban J connectivity index is 2.75. The van der Waals surface area contributed by atoms with Crippen molar-refractivity contribution in [2.75, 3.05) is 11.9 Å². The topological polar surface area (TPSA) is 75.4 Å². The number of hydrogen-bond acceptors (Lipinski definition) is 4. The molecule has 6 heteroatoms. The molecule has 0 bridgehead atoms. The van der Waals surface area contributed by atoms with Crippen LogP contribution in [0.2, 0.25) is 5.02 Å². The number of nitro benzene ring substituents is 1. The van der Waals surface area contributed by atoms with Crippen LogP contribution in [-0.4, -0.2) is 22.7 Å². The van der Waals surface area contributed by atoms with Crippen molar-refractivity contribution < 1.29 is 10.0 Å². The van der Waals surface area contributed by atoms with Gasteiger partial charge in [0.1, 0.15) is 5.69 Å². The summed E-state index contributed by atoms with van der Waals surface area (Å²) in [7, 11) is 0. The van der Waals surface area contributed by atoms with Crippen molar-refractivity contribution in [2.24, 2.45) is 0 Å². The van der Waals surface area contributed by atoms with E-state index < -0.39 is 11.0 Å². The average molecular weight is 245 g/mol. The first kappa shape index (κ1) is 12.7. The summed E-state index contributed by atoms with van der Waals surface area (Å²) >= 11 is 5.67. The molecule has 0 amide bonds. The molecule has 0 fully saturated rings. The highest BCUT2D eigenvalue weighted by Crippen LogP contribution is 2.27. The maximum absolute atomic E-state index is 10.7. The lowest BCUT2D eigenvalue weighted by Crippen LogP contribution is -2.10. The second kappa shape index (κ2) is 5.67. The van der Waals surface area contributed by atoms with E-state index in [1.807, 2.05) is 0 Å². The fourth-order valence-corrected chi connectivity index (χ4v) is 1.39. The number of benzene rings is 1. The maximum atomic E-state index is 10.7. The molecule has 0 aliphatic heterocycles. The van der Waals surface area contributed by atoms with Gasteiger partial charge in [-0.15, -0.1) is 0 Å². The molecule has 0 saturated heterocycles. The normalized spacial score (nSPS) is 12.2. The molecule has 88 valence electrons. The van der Waals surface area contributed by atoms with Crippen LogP contribution in [-0.2, 0) is 0 Å². The van der Waals surface area contributed by atoms with Crippen LogP contribution in [0, 0.1) is 10.1 Å². The van der Waals surface area contributed by atoms with Crippen LogP contribution in [0.5, 0.6) is 0 Å². The highest BCUT2D eigenvalue weighted by atomic mass is 35.5. The first-order valence-electron chi connectivity index (χ1n) is 4.86. The first-order chi connectivity index (χ1) is 7.50. The molecule has 0 saturated carbocycles. The molecule has 0 spiro atoms. The summed E-state index contributed by atoms with van der Waals surface area (Å²) in [5.74, 6) is 0. The zero-order chi connectivity index (χ0) is 12.1. The van der Waals surface area contributed by atoms with Crippen LogP contribution < -0.4 is 5.32 Å². The number of nitro groups is 1. The molecule has 0 aliphatic carbocycles. The zero-order valence-electron chi connectivity index (χ0n) is 8.81. The monoisotopic (exact) mass is 244 g/mol. The van der Waals surface area contributed by atoms with Crippen molar-refractivity contribution >= 4 is 23.0 Å². The van der Waals surface area contributed by atoms with Gasteiger partial charge in [0.2, 0.25) is 0 Å². The predicted octanol–water partition coefficient (Wildman–Crippen LogP) is 2.43. The van der Waals surface area contributed by atoms with E-state index in [2.05, 4.69) is 5.32 Å². The molecule has 1 atom stereocenters. The first-order valence-corrected chi connectivity index (χ1v) is 5.24. The van der Waals surface area contributed by atoms with Gasteiger partial charge in [0.05, 0.1) is 11.0 Å². The van der Waals surface area contributed by atoms with E-state index in [9.17, 15) is 10.1 Å². The number of hydrogen-bond donors (Lipinski definition) is 2. The Kier molecular flexibility index (Phi) is 4.52. The summed E-state index contributed by atoms with van der Waals surface area (Å²) in [6.07, 6.45) is 0.0959. The number of aliphatic hydroxyl groups is 1. The molecule has 1 aromatic rings. The minimum atomic E-state index is -0.489. The second-order valence-corrected chi connectivity index (χ2v) is 3.92. The smallest absolute Gasteiger partial charge is 0.293 e. The summed E-state index contributed by atoms with van der Waals surface area (Å²) in [6.45, 7) is 2.14. The van der Waals surface area contributed by atoms with Crippen molar-refractivity contribution in [3.63, 3.8) is 0 Å². The van der Waals surface area contributed by atoms with Crippen LogP contribution in [0.25, 0.3) is 0 Å². The van der Waals surface area contributed by atoms with Gasteiger partial charge in [0.15, 0.2) is 0 Å². The highest BCUT2D eigenvalue weighted by Gasteiger charge is 2.13. The summed E-state index contributed by atoms with van der Waals surface area (Å²) in [4.78, 5) is 10.2. The third-order valence-electron chi connectivity index (χ3n) is 2.03. The molecule has 16 heavy (non-hydrogen) atoms.